The van der Waals surface area contributed by atoms with E-state index in [1.165, 1.54) is 11.8 Å². The number of hydrogen-bond donors (Lipinski definition) is 1. The lowest BCUT2D eigenvalue weighted by Gasteiger charge is -2.28. The second kappa shape index (κ2) is 7.57. The fourth-order valence-corrected chi connectivity index (χ4v) is 3.50. The Morgan fingerprint density at radius 2 is 1.88 bits per heavy atom. The fraction of sp³-hybridized carbons (Fsp3) is 0.200. The van der Waals surface area contributed by atoms with E-state index in [1.54, 1.807) is 4.90 Å². The van der Waals surface area contributed by atoms with Crippen molar-refractivity contribution in [1.82, 2.24) is 4.90 Å². The molecule has 0 aliphatic carbocycles. The molecule has 1 heterocycles. The summed E-state index contributed by atoms with van der Waals surface area (Å²) in [6.07, 6.45) is 0. The Labute approximate surface area is 151 Å². The highest BCUT2D eigenvalue weighted by atomic mass is 32.2. The van der Waals surface area contributed by atoms with Crippen LogP contribution in [-0.2, 0) is 9.59 Å². The third kappa shape index (κ3) is 3.94. The van der Waals surface area contributed by atoms with Crippen LogP contribution < -0.4 is 5.32 Å². The van der Waals surface area contributed by atoms with E-state index in [0.29, 0.717) is 5.75 Å². The molecule has 4 nitrogen and oxygen atoms in total. The lowest BCUT2D eigenvalue weighted by atomic mass is 10.1. The molecule has 0 unspecified atom stereocenters. The van der Waals surface area contributed by atoms with Crippen LogP contribution >= 0.6 is 11.8 Å². The van der Waals surface area contributed by atoms with Crippen molar-refractivity contribution in [2.45, 2.75) is 13.8 Å². The number of carbonyl (C=O) groups excluding carboxylic acids is 2. The molecule has 2 aromatic rings. The third-order valence-electron chi connectivity index (χ3n) is 4.24. The van der Waals surface area contributed by atoms with Gasteiger partial charge in [-0.25, -0.2) is 0 Å². The molecule has 0 radical (unpaired) electrons. The van der Waals surface area contributed by atoms with Gasteiger partial charge in [-0.05, 0) is 42.0 Å². The van der Waals surface area contributed by atoms with E-state index in [0.717, 1.165) is 28.1 Å². The number of benzene rings is 2. The van der Waals surface area contributed by atoms with Crippen LogP contribution in [0, 0.1) is 13.8 Å². The number of nitrogens with zero attached hydrogens (tertiary/aromatic N) is 1. The molecule has 5 heteroatoms. The second-order valence-electron chi connectivity index (χ2n) is 5.96. The van der Waals surface area contributed by atoms with Crippen molar-refractivity contribution in [3.8, 4) is 0 Å². The molecule has 3 rings (SSSR count). The van der Waals surface area contributed by atoms with Gasteiger partial charge >= 0.3 is 0 Å². The summed E-state index contributed by atoms with van der Waals surface area (Å²) in [6.45, 7) is 3.99. The lowest BCUT2D eigenvalue weighted by Crippen LogP contribution is -2.39. The standard InChI is InChI=1S/C20H20N2O2S/c1-14-7-6-10-17(15(14)2)21-19(23)11-22-18(12-25-13-20(22)24)16-8-4-3-5-9-16/h3-10,12H,11,13H2,1-2H3,(H,21,23). The van der Waals surface area contributed by atoms with Gasteiger partial charge in [-0.1, -0.05) is 42.5 Å². The van der Waals surface area contributed by atoms with Crippen molar-refractivity contribution >= 4 is 35.0 Å². The van der Waals surface area contributed by atoms with Crippen molar-refractivity contribution in [3.05, 3.63) is 70.6 Å². The highest BCUT2D eigenvalue weighted by molar-refractivity contribution is 8.03. The van der Waals surface area contributed by atoms with Gasteiger partial charge in [0.05, 0.1) is 11.4 Å². The Hall–Kier alpha value is -2.53. The molecule has 25 heavy (non-hydrogen) atoms. The Morgan fingerprint density at radius 3 is 2.64 bits per heavy atom. The van der Waals surface area contributed by atoms with Crippen molar-refractivity contribution in [3.63, 3.8) is 0 Å². The number of rotatable bonds is 4. The first-order valence-electron chi connectivity index (χ1n) is 8.10. The number of anilines is 1. The van der Waals surface area contributed by atoms with Crippen LogP contribution in [0.15, 0.2) is 53.9 Å². The number of carbonyl (C=O) groups is 2. The van der Waals surface area contributed by atoms with Crippen molar-refractivity contribution < 1.29 is 9.59 Å². The fourth-order valence-electron chi connectivity index (χ4n) is 2.69. The minimum absolute atomic E-state index is 0.00744. The smallest absolute Gasteiger partial charge is 0.244 e. The minimum atomic E-state index is -0.198. The summed E-state index contributed by atoms with van der Waals surface area (Å²) in [4.78, 5) is 26.5. The first kappa shape index (κ1) is 17.3. The third-order valence-corrected chi connectivity index (χ3v) is 5.05. The van der Waals surface area contributed by atoms with Gasteiger partial charge in [0.1, 0.15) is 6.54 Å². The van der Waals surface area contributed by atoms with Gasteiger partial charge in [0.2, 0.25) is 11.8 Å². The number of thioether (sulfide) groups is 1. The summed E-state index contributed by atoms with van der Waals surface area (Å²) < 4.78 is 0. The first-order chi connectivity index (χ1) is 12.1. The van der Waals surface area contributed by atoms with E-state index in [9.17, 15) is 9.59 Å². The van der Waals surface area contributed by atoms with Crippen molar-refractivity contribution in [2.24, 2.45) is 0 Å². The topological polar surface area (TPSA) is 49.4 Å². The molecule has 1 aliphatic rings. The van der Waals surface area contributed by atoms with Crippen LogP contribution in [0.25, 0.3) is 5.70 Å². The van der Waals surface area contributed by atoms with Crippen molar-refractivity contribution in [2.75, 3.05) is 17.6 Å². The molecular formula is C20H20N2O2S. The second-order valence-corrected chi connectivity index (χ2v) is 6.81. The molecule has 2 amide bonds. The number of hydrogen-bond acceptors (Lipinski definition) is 3. The predicted octanol–water partition coefficient (Wildman–Crippen LogP) is 3.82. The highest BCUT2D eigenvalue weighted by Gasteiger charge is 2.25. The van der Waals surface area contributed by atoms with E-state index >= 15 is 0 Å². The molecule has 128 valence electrons. The number of amides is 2. The Bertz CT molecular complexity index is 831. The van der Waals surface area contributed by atoms with Gasteiger partial charge in [-0.3, -0.25) is 9.59 Å². The molecule has 0 bridgehead atoms. The molecule has 0 saturated carbocycles. The van der Waals surface area contributed by atoms with Crippen LogP contribution in [0.2, 0.25) is 0 Å². The van der Waals surface area contributed by atoms with Gasteiger partial charge in [-0.15, -0.1) is 11.8 Å². The SMILES string of the molecule is Cc1cccc(NC(=O)CN2C(=O)CSC=C2c2ccccc2)c1C. The molecule has 1 aliphatic heterocycles. The van der Waals surface area contributed by atoms with E-state index in [-0.39, 0.29) is 18.4 Å². The zero-order valence-electron chi connectivity index (χ0n) is 14.3. The summed E-state index contributed by atoms with van der Waals surface area (Å²) in [5.74, 6) is 0.103. The zero-order valence-corrected chi connectivity index (χ0v) is 15.1. The van der Waals surface area contributed by atoms with Crippen LogP contribution in [-0.4, -0.2) is 29.0 Å². The molecule has 0 atom stereocenters. The normalized spacial score (nSPS) is 14.2. The summed E-state index contributed by atoms with van der Waals surface area (Å²) in [5, 5.41) is 4.87. The van der Waals surface area contributed by atoms with Gasteiger partial charge in [0.25, 0.3) is 0 Å². The van der Waals surface area contributed by atoms with Crippen LogP contribution in [0.1, 0.15) is 16.7 Å². The van der Waals surface area contributed by atoms with Crippen LogP contribution in [0.3, 0.4) is 0 Å². The van der Waals surface area contributed by atoms with Crippen LogP contribution in [0.4, 0.5) is 5.69 Å². The van der Waals surface area contributed by atoms with E-state index in [2.05, 4.69) is 5.32 Å². The van der Waals surface area contributed by atoms with Gasteiger partial charge < -0.3 is 10.2 Å². The largest absolute Gasteiger partial charge is 0.324 e. The molecule has 0 fully saturated rings. The maximum atomic E-state index is 12.5. The number of aryl methyl sites for hydroxylation is 1. The summed E-state index contributed by atoms with van der Waals surface area (Å²) in [6, 6.07) is 15.5. The average molecular weight is 352 g/mol. The van der Waals surface area contributed by atoms with Gasteiger partial charge in [0.15, 0.2) is 0 Å². The minimum Gasteiger partial charge on any atom is -0.324 e. The molecule has 1 N–H and O–H groups in total. The maximum absolute atomic E-state index is 12.5. The molecule has 0 saturated heterocycles. The summed E-state index contributed by atoms with van der Waals surface area (Å²) in [7, 11) is 0. The molecule has 0 aromatic heterocycles. The average Bonchev–Trinajstić information content (AvgIpc) is 2.61. The van der Waals surface area contributed by atoms with Crippen molar-refractivity contribution in [1.29, 1.82) is 0 Å². The van der Waals surface area contributed by atoms with E-state index in [4.69, 9.17) is 0 Å². The van der Waals surface area contributed by atoms with Gasteiger partial charge in [0, 0.05) is 5.69 Å². The Kier molecular flexibility index (Phi) is 5.24. The quantitative estimate of drug-likeness (QED) is 0.910. The Balaban J connectivity index is 1.78. The van der Waals surface area contributed by atoms with E-state index < -0.39 is 0 Å². The zero-order chi connectivity index (χ0) is 17.8. The highest BCUT2D eigenvalue weighted by Crippen LogP contribution is 2.28. The van der Waals surface area contributed by atoms with Gasteiger partial charge in [-0.2, -0.15) is 0 Å². The molecular weight excluding hydrogens is 332 g/mol. The first-order valence-corrected chi connectivity index (χ1v) is 9.15. The maximum Gasteiger partial charge on any atom is 0.244 e. The lowest BCUT2D eigenvalue weighted by molar-refractivity contribution is -0.129. The summed E-state index contributed by atoms with van der Waals surface area (Å²) >= 11 is 1.46. The molecule has 0 spiro atoms. The van der Waals surface area contributed by atoms with Crippen LogP contribution in [0.5, 0.6) is 0 Å². The monoisotopic (exact) mass is 352 g/mol. The number of nitrogens with one attached hydrogen (secondary N) is 1. The summed E-state index contributed by atoms with van der Waals surface area (Å²) in [5.41, 5.74) is 4.65. The molecule has 2 aromatic carbocycles. The Morgan fingerprint density at radius 1 is 1.12 bits per heavy atom. The van der Waals surface area contributed by atoms with E-state index in [1.807, 2.05) is 67.8 Å². The predicted molar refractivity (Wildman–Crippen MR) is 103 cm³/mol.